The van der Waals surface area contributed by atoms with E-state index >= 15 is 0 Å². The molecule has 0 bridgehead atoms. The van der Waals surface area contributed by atoms with E-state index in [4.69, 9.17) is 4.74 Å². The number of likely N-dealkylation sites (tertiary alicyclic amines) is 1. The van der Waals surface area contributed by atoms with Crippen LogP contribution in [-0.2, 0) is 0 Å². The fourth-order valence-corrected chi connectivity index (χ4v) is 5.15. The molecule has 0 saturated carbocycles. The molecule has 180 valence electrons. The third-order valence-electron chi connectivity index (χ3n) is 7.06. The predicted molar refractivity (Wildman–Crippen MR) is 139 cm³/mol. The predicted octanol–water partition coefficient (Wildman–Crippen LogP) is 4.88. The van der Waals surface area contributed by atoms with Crippen molar-refractivity contribution in [3.8, 4) is 17.0 Å². The summed E-state index contributed by atoms with van der Waals surface area (Å²) in [6.45, 7) is 11.7. The fourth-order valence-electron chi connectivity index (χ4n) is 5.15. The lowest BCUT2D eigenvalue weighted by molar-refractivity contribution is 0.203. The molecular formula is C27H36N6O. The SMILES string of the molecule is Cc1cc2nnc3c(c2cc1-c1ccc(OCCCN2CCCCC2)nc1)N(C(C)C)CN3C. The Morgan fingerprint density at radius 2 is 1.88 bits per heavy atom. The van der Waals surface area contributed by atoms with E-state index in [0.717, 1.165) is 41.9 Å². The molecule has 7 nitrogen and oxygen atoms in total. The molecule has 5 rings (SSSR count). The van der Waals surface area contributed by atoms with Crippen molar-refractivity contribution in [1.29, 1.82) is 0 Å². The minimum atomic E-state index is 0.383. The van der Waals surface area contributed by atoms with Gasteiger partial charge in [0.1, 0.15) is 0 Å². The van der Waals surface area contributed by atoms with E-state index in [0.29, 0.717) is 18.5 Å². The van der Waals surface area contributed by atoms with E-state index in [2.05, 4.69) is 75.9 Å². The highest BCUT2D eigenvalue weighted by Gasteiger charge is 2.29. The Labute approximate surface area is 202 Å². The van der Waals surface area contributed by atoms with E-state index in [1.165, 1.54) is 49.2 Å². The lowest BCUT2D eigenvalue weighted by Gasteiger charge is -2.26. The summed E-state index contributed by atoms with van der Waals surface area (Å²) in [5.41, 5.74) is 5.53. The van der Waals surface area contributed by atoms with Gasteiger partial charge in [0.05, 0.1) is 24.5 Å². The third kappa shape index (κ3) is 4.53. The van der Waals surface area contributed by atoms with Crippen LogP contribution >= 0.6 is 0 Å². The zero-order chi connectivity index (χ0) is 23.7. The van der Waals surface area contributed by atoms with Crippen molar-refractivity contribution < 1.29 is 4.74 Å². The molecule has 2 aliphatic rings. The van der Waals surface area contributed by atoms with Crippen molar-refractivity contribution in [1.82, 2.24) is 20.1 Å². The second kappa shape index (κ2) is 9.74. The monoisotopic (exact) mass is 460 g/mol. The molecule has 1 aromatic carbocycles. The number of aromatic nitrogens is 3. The molecule has 1 saturated heterocycles. The Morgan fingerprint density at radius 3 is 2.62 bits per heavy atom. The van der Waals surface area contributed by atoms with Gasteiger partial charge in [-0.2, -0.15) is 0 Å². The number of pyridine rings is 1. The van der Waals surface area contributed by atoms with Crippen LogP contribution in [-0.4, -0.2) is 66.1 Å². The van der Waals surface area contributed by atoms with Crippen LogP contribution in [0.5, 0.6) is 5.88 Å². The molecule has 0 aliphatic carbocycles. The standard InChI is InChI=1S/C27H36N6O/c1-19(2)33-18-31(4)27-26(33)23-16-22(20(3)15-24(23)29-30-27)21-9-10-25(28-17-21)34-14-8-13-32-11-6-5-7-12-32/h9-10,15-17,19H,5-8,11-14,18H2,1-4H3. The maximum Gasteiger partial charge on any atom is 0.213 e. The van der Waals surface area contributed by atoms with E-state index in [1.807, 2.05) is 12.3 Å². The van der Waals surface area contributed by atoms with Gasteiger partial charge in [0.2, 0.25) is 5.88 Å². The molecule has 0 radical (unpaired) electrons. The van der Waals surface area contributed by atoms with Gasteiger partial charge in [-0.05, 0) is 82.4 Å². The average molecular weight is 461 g/mol. The highest BCUT2D eigenvalue weighted by atomic mass is 16.5. The van der Waals surface area contributed by atoms with Gasteiger partial charge in [0, 0.05) is 42.8 Å². The second-order valence-corrected chi connectivity index (χ2v) is 9.95. The number of aryl methyl sites for hydroxylation is 1. The maximum absolute atomic E-state index is 5.93. The van der Waals surface area contributed by atoms with Gasteiger partial charge in [0.25, 0.3) is 0 Å². The molecule has 0 N–H and O–H groups in total. The summed E-state index contributed by atoms with van der Waals surface area (Å²) in [5.74, 6) is 1.64. The highest BCUT2D eigenvalue weighted by molar-refractivity contribution is 6.01. The van der Waals surface area contributed by atoms with Crippen molar-refractivity contribution in [2.75, 3.05) is 49.8 Å². The Hall–Kier alpha value is -2.93. The lowest BCUT2D eigenvalue weighted by atomic mass is 9.98. The number of nitrogens with zero attached hydrogens (tertiary/aromatic N) is 6. The summed E-state index contributed by atoms with van der Waals surface area (Å²) in [7, 11) is 2.08. The minimum absolute atomic E-state index is 0.383. The zero-order valence-corrected chi connectivity index (χ0v) is 20.9. The summed E-state index contributed by atoms with van der Waals surface area (Å²) >= 11 is 0. The van der Waals surface area contributed by atoms with Crippen LogP contribution in [0, 0.1) is 6.92 Å². The van der Waals surface area contributed by atoms with Crippen molar-refractivity contribution in [3.63, 3.8) is 0 Å². The first-order chi connectivity index (χ1) is 16.5. The van der Waals surface area contributed by atoms with Gasteiger partial charge >= 0.3 is 0 Å². The number of fused-ring (bicyclic) bond motifs is 3. The van der Waals surface area contributed by atoms with E-state index in [-0.39, 0.29) is 0 Å². The molecule has 0 unspecified atom stereocenters. The maximum atomic E-state index is 5.93. The summed E-state index contributed by atoms with van der Waals surface area (Å²) < 4.78 is 5.93. The molecule has 1 fully saturated rings. The number of piperidine rings is 1. The number of ether oxygens (including phenoxy) is 1. The van der Waals surface area contributed by atoms with Gasteiger partial charge in [-0.1, -0.05) is 6.42 Å². The Balaban J connectivity index is 1.33. The average Bonchev–Trinajstić information content (AvgIpc) is 3.19. The first kappa shape index (κ1) is 22.8. The number of benzene rings is 1. The molecular weight excluding hydrogens is 424 g/mol. The van der Waals surface area contributed by atoms with Crippen LogP contribution in [0.25, 0.3) is 22.0 Å². The van der Waals surface area contributed by atoms with Crippen LogP contribution in [0.4, 0.5) is 11.5 Å². The van der Waals surface area contributed by atoms with Gasteiger partial charge in [-0.3, -0.25) is 0 Å². The van der Waals surface area contributed by atoms with Gasteiger partial charge in [-0.25, -0.2) is 4.98 Å². The first-order valence-corrected chi connectivity index (χ1v) is 12.6. The Morgan fingerprint density at radius 1 is 1.06 bits per heavy atom. The first-order valence-electron chi connectivity index (χ1n) is 12.6. The van der Waals surface area contributed by atoms with Crippen LogP contribution in [0.15, 0.2) is 30.5 Å². The molecule has 2 aliphatic heterocycles. The largest absolute Gasteiger partial charge is 0.478 e. The molecule has 0 atom stereocenters. The Bertz CT molecular complexity index is 1140. The molecule has 0 spiro atoms. The van der Waals surface area contributed by atoms with Gasteiger partial charge in [-0.15, -0.1) is 10.2 Å². The van der Waals surface area contributed by atoms with Crippen LogP contribution in [0.1, 0.15) is 45.1 Å². The minimum Gasteiger partial charge on any atom is -0.478 e. The molecule has 3 aromatic rings. The van der Waals surface area contributed by atoms with E-state index in [9.17, 15) is 0 Å². The van der Waals surface area contributed by atoms with Crippen molar-refractivity contribution >= 4 is 22.4 Å². The summed E-state index contributed by atoms with van der Waals surface area (Å²) in [5, 5.41) is 10.2. The lowest BCUT2D eigenvalue weighted by Crippen LogP contribution is -2.33. The van der Waals surface area contributed by atoms with E-state index in [1.54, 1.807) is 0 Å². The molecule has 0 amide bonds. The Kier molecular flexibility index (Phi) is 6.55. The topological polar surface area (TPSA) is 57.6 Å². The highest BCUT2D eigenvalue weighted by Crippen LogP contribution is 2.41. The normalized spacial score (nSPS) is 16.5. The van der Waals surface area contributed by atoms with Crippen LogP contribution < -0.4 is 14.5 Å². The van der Waals surface area contributed by atoms with Crippen molar-refractivity contribution in [2.24, 2.45) is 0 Å². The summed E-state index contributed by atoms with van der Waals surface area (Å²) in [4.78, 5) is 11.7. The fraction of sp³-hybridized carbons (Fsp3) is 0.519. The second-order valence-electron chi connectivity index (χ2n) is 9.95. The number of anilines is 2. The smallest absolute Gasteiger partial charge is 0.213 e. The summed E-state index contributed by atoms with van der Waals surface area (Å²) in [6, 6.07) is 8.88. The van der Waals surface area contributed by atoms with Crippen LogP contribution in [0.2, 0.25) is 0 Å². The van der Waals surface area contributed by atoms with E-state index < -0.39 is 0 Å². The molecule has 34 heavy (non-hydrogen) atoms. The number of hydrogen-bond donors (Lipinski definition) is 0. The number of hydrogen-bond acceptors (Lipinski definition) is 7. The molecule has 7 heteroatoms. The molecule has 4 heterocycles. The zero-order valence-electron chi connectivity index (χ0n) is 20.9. The van der Waals surface area contributed by atoms with Gasteiger partial charge in [0.15, 0.2) is 5.82 Å². The number of rotatable bonds is 7. The van der Waals surface area contributed by atoms with Crippen molar-refractivity contribution in [3.05, 3.63) is 36.0 Å². The quantitative estimate of drug-likeness (QED) is 0.466. The summed E-state index contributed by atoms with van der Waals surface area (Å²) in [6.07, 6.45) is 7.01. The van der Waals surface area contributed by atoms with Crippen LogP contribution in [0.3, 0.4) is 0 Å². The molecule has 2 aromatic heterocycles. The third-order valence-corrected chi connectivity index (χ3v) is 7.06. The van der Waals surface area contributed by atoms with Gasteiger partial charge < -0.3 is 19.4 Å². The van der Waals surface area contributed by atoms with Crippen molar-refractivity contribution in [2.45, 2.75) is 52.5 Å².